The number of fused-ring (bicyclic) bond motifs is 1. The molecular weight excluding hydrogens is 510 g/mol. The number of H-pyrrole nitrogens is 2. The first kappa shape index (κ1) is 22.4. The normalized spacial score (nSPS) is 11.4. The Kier molecular flexibility index (Phi) is 5.84. The lowest BCUT2D eigenvalue weighted by Crippen LogP contribution is -2.20. The highest BCUT2D eigenvalue weighted by Gasteiger charge is 2.23. The van der Waals surface area contributed by atoms with Crippen LogP contribution in [0.2, 0.25) is 0 Å². The molecule has 8 nitrogen and oxygen atoms in total. The van der Waals surface area contributed by atoms with Gasteiger partial charge in [-0.1, -0.05) is 76.6 Å². The van der Waals surface area contributed by atoms with E-state index < -0.39 is 11.5 Å². The van der Waals surface area contributed by atoms with Crippen LogP contribution in [0.15, 0.2) is 92.3 Å². The van der Waals surface area contributed by atoms with Crippen LogP contribution < -0.4 is 5.56 Å². The van der Waals surface area contributed by atoms with Gasteiger partial charge in [-0.25, -0.2) is 5.10 Å². The fourth-order valence-corrected chi connectivity index (χ4v) is 4.57. The Morgan fingerprint density at radius 1 is 1.00 bits per heavy atom. The van der Waals surface area contributed by atoms with Crippen LogP contribution in [0.5, 0.6) is 5.88 Å². The molecule has 2 aromatic heterocycles. The number of hydrogen-bond donors (Lipinski definition) is 3. The number of aryl methyl sites for hydroxylation is 1. The van der Waals surface area contributed by atoms with Gasteiger partial charge in [0.15, 0.2) is 5.69 Å². The highest BCUT2D eigenvalue weighted by molar-refractivity contribution is 9.10. The molecule has 0 spiro atoms. The van der Waals surface area contributed by atoms with Crippen molar-refractivity contribution in [2.45, 2.75) is 6.92 Å². The van der Waals surface area contributed by atoms with Crippen molar-refractivity contribution in [2.24, 2.45) is 10.2 Å². The van der Waals surface area contributed by atoms with E-state index in [4.69, 9.17) is 0 Å². The van der Waals surface area contributed by atoms with E-state index in [0.717, 1.165) is 15.6 Å². The topological polar surface area (TPSA) is 124 Å². The lowest BCUT2D eigenvalue weighted by atomic mass is 9.95. The van der Waals surface area contributed by atoms with Crippen LogP contribution in [0.25, 0.3) is 33.3 Å². The van der Waals surface area contributed by atoms with Crippen LogP contribution in [-0.2, 0) is 0 Å². The van der Waals surface area contributed by atoms with Crippen molar-refractivity contribution in [3.8, 4) is 28.3 Å². The number of nitrogens with zero attached hydrogens (tertiary/aromatic N) is 3. The van der Waals surface area contributed by atoms with E-state index in [1.165, 1.54) is 0 Å². The zero-order valence-corrected chi connectivity index (χ0v) is 20.0. The fourth-order valence-electron chi connectivity index (χ4n) is 3.99. The highest BCUT2D eigenvalue weighted by atomic mass is 79.9. The Hall–Kier alpha value is -4.37. The Morgan fingerprint density at radius 3 is 2.34 bits per heavy atom. The summed E-state index contributed by atoms with van der Waals surface area (Å²) in [7, 11) is 0. The van der Waals surface area contributed by atoms with Crippen LogP contribution in [0.3, 0.4) is 0 Å². The van der Waals surface area contributed by atoms with Crippen molar-refractivity contribution in [2.75, 3.05) is 0 Å². The molecule has 172 valence electrons. The first-order chi connectivity index (χ1) is 16.9. The molecule has 0 radical (unpaired) electrons. The minimum absolute atomic E-state index is 0.104. The molecule has 2 heterocycles. The molecule has 3 N–H and O–H groups in total. The zero-order valence-electron chi connectivity index (χ0n) is 18.4. The third kappa shape index (κ3) is 4.17. The molecule has 35 heavy (non-hydrogen) atoms. The van der Waals surface area contributed by atoms with Gasteiger partial charge in [0, 0.05) is 21.0 Å². The van der Waals surface area contributed by atoms with Crippen molar-refractivity contribution < 1.29 is 9.90 Å². The largest absolute Gasteiger partial charge is 0.493 e. The van der Waals surface area contributed by atoms with Gasteiger partial charge < -0.3 is 10.1 Å². The lowest BCUT2D eigenvalue weighted by molar-refractivity contribution is 0.0994. The van der Waals surface area contributed by atoms with Crippen LogP contribution in [0.4, 0.5) is 5.69 Å². The third-order valence-corrected chi connectivity index (χ3v) is 6.03. The van der Waals surface area contributed by atoms with Gasteiger partial charge in [-0.2, -0.15) is 5.10 Å². The molecule has 0 fully saturated rings. The number of halogens is 1. The molecule has 5 rings (SSSR count). The minimum Gasteiger partial charge on any atom is -0.493 e. The second-order valence-electron chi connectivity index (χ2n) is 7.86. The molecule has 1 amide bonds. The van der Waals surface area contributed by atoms with Gasteiger partial charge in [-0.15, -0.1) is 10.2 Å². The molecular formula is C26H18BrN5O3. The minimum atomic E-state index is -0.856. The van der Waals surface area contributed by atoms with E-state index in [0.29, 0.717) is 27.7 Å². The predicted molar refractivity (Wildman–Crippen MR) is 137 cm³/mol. The smallest absolute Gasteiger partial charge is 0.301 e. The number of benzene rings is 3. The van der Waals surface area contributed by atoms with Crippen molar-refractivity contribution in [1.82, 2.24) is 15.2 Å². The Bertz CT molecular complexity index is 1660. The maximum atomic E-state index is 13.3. The molecule has 5 aromatic rings. The third-order valence-electron chi connectivity index (χ3n) is 5.57. The molecule has 0 bridgehead atoms. The molecule has 0 saturated carbocycles. The maximum absolute atomic E-state index is 13.3. The molecule has 0 aliphatic carbocycles. The van der Waals surface area contributed by atoms with Crippen molar-refractivity contribution in [3.05, 3.63) is 98.7 Å². The van der Waals surface area contributed by atoms with E-state index in [2.05, 4.69) is 41.3 Å². The molecule has 3 aromatic carbocycles. The summed E-state index contributed by atoms with van der Waals surface area (Å²) in [6.45, 7) is 1.88. The molecule has 9 heteroatoms. The number of rotatable bonds is 4. The van der Waals surface area contributed by atoms with Crippen molar-refractivity contribution >= 4 is 38.4 Å². The average molecular weight is 528 g/mol. The molecule has 0 aliphatic rings. The standard InChI is InChI=1S/C26H18BrN5O3/c1-14-12-17(27)13-18-21(14)28-26(35)23(18)30-32-25(34)20-19(15-8-4-2-5-9-15)22(29-31-24(20)33)16-10-6-3-7-11-16/h2-13,28,35H,1H3,(H,31,33). The second-order valence-corrected chi connectivity index (χ2v) is 8.77. The van der Waals surface area contributed by atoms with Crippen LogP contribution in [-0.4, -0.2) is 26.2 Å². The lowest BCUT2D eigenvalue weighted by Gasteiger charge is -2.11. The summed E-state index contributed by atoms with van der Waals surface area (Å²) in [5, 5.41) is 25.5. The molecule has 0 unspecified atom stereocenters. The number of aromatic hydroxyl groups is 1. The van der Waals surface area contributed by atoms with E-state index in [1.54, 1.807) is 18.2 Å². The monoisotopic (exact) mass is 527 g/mol. The fraction of sp³-hybridized carbons (Fsp3) is 0.0385. The average Bonchev–Trinajstić information content (AvgIpc) is 3.18. The number of aromatic amines is 2. The van der Waals surface area contributed by atoms with Gasteiger partial charge in [0.2, 0.25) is 5.88 Å². The van der Waals surface area contributed by atoms with Gasteiger partial charge >= 0.3 is 5.91 Å². The Morgan fingerprint density at radius 2 is 1.66 bits per heavy atom. The second kappa shape index (κ2) is 9.11. The van der Waals surface area contributed by atoms with Gasteiger partial charge in [0.05, 0.1) is 11.2 Å². The number of hydrogen-bond acceptors (Lipinski definition) is 5. The van der Waals surface area contributed by atoms with E-state index in [-0.39, 0.29) is 17.1 Å². The first-order valence-corrected chi connectivity index (χ1v) is 11.4. The van der Waals surface area contributed by atoms with Crippen LogP contribution in [0, 0.1) is 6.92 Å². The Balaban J connectivity index is 1.67. The van der Waals surface area contributed by atoms with E-state index >= 15 is 0 Å². The summed E-state index contributed by atoms with van der Waals surface area (Å²) in [4.78, 5) is 29.0. The summed E-state index contributed by atoms with van der Waals surface area (Å²) in [6, 6.07) is 21.9. The molecule has 0 saturated heterocycles. The number of azo groups is 1. The first-order valence-electron chi connectivity index (χ1n) is 10.6. The van der Waals surface area contributed by atoms with Gasteiger partial charge in [0.1, 0.15) is 5.56 Å². The number of amides is 1. The number of nitrogens with one attached hydrogen (secondary N) is 2. The number of carbonyl (C=O) groups is 1. The van der Waals surface area contributed by atoms with Crippen LogP contribution >= 0.6 is 15.9 Å². The van der Waals surface area contributed by atoms with Gasteiger partial charge in [-0.3, -0.25) is 9.59 Å². The van der Waals surface area contributed by atoms with Crippen LogP contribution in [0.1, 0.15) is 15.9 Å². The Labute approximate surface area is 207 Å². The van der Waals surface area contributed by atoms with Crippen molar-refractivity contribution in [1.29, 1.82) is 0 Å². The summed E-state index contributed by atoms with van der Waals surface area (Å²) in [6.07, 6.45) is 0. The number of carbonyl (C=O) groups excluding carboxylic acids is 1. The van der Waals surface area contributed by atoms with E-state index in [1.807, 2.05) is 61.5 Å². The van der Waals surface area contributed by atoms with Crippen molar-refractivity contribution in [3.63, 3.8) is 0 Å². The van der Waals surface area contributed by atoms with Gasteiger partial charge in [-0.05, 0) is 30.2 Å². The summed E-state index contributed by atoms with van der Waals surface area (Å²) >= 11 is 3.43. The quantitative estimate of drug-likeness (QED) is 0.237. The SMILES string of the molecule is Cc1cc(Br)cc2c(N=NC(=O)c3c(-c4ccccc4)c(-c4ccccc4)n[nH]c3=O)c(O)[nH]c12. The van der Waals surface area contributed by atoms with E-state index in [9.17, 15) is 14.7 Å². The summed E-state index contributed by atoms with van der Waals surface area (Å²) < 4.78 is 0.786. The number of aromatic nitrogens is 3. The zero-order chi connectivity index (χ0) is 24.5. The molecule has 0 atom stereocenters. The summed E-state index contributed by atoms with van der Waals surface area (Å²) in [5.41, 5.74) is 2.93. The molecule has 0 aliphatic heterocycles. The maximum Gasteiger partial charge on any atom is 0.301 e. The predicted octanol–water partition coefficient (Wildman–Crippen LogP) is 6.29. The van der Waals surface area contributed by atoms with Gasteiger partial charge in [0.25, 0.3) is 5.56 Å². The summed E-state index contributed by atoms with van der Waals surface area (Å²) in [5.74, 6) is -1.08. The highest BCUT2D eigenvalue weighted by Crippen LogP contribution is 2.39.